The molecule has 0 unspecified atom stereocenters. The molecule has 1 N–H and O–H groups in total. The van der Waals surface area contributed by atoms with Crippen LogP contribution in [0.2, 0.25) is 0 Å². The van der Waals surface area contributed by atoms with Crippen LogP contribution in [0.5, 0.6) is 11.5 Å². The topological polar surface area (TPSA) is 73.3 Å². The number of rotatable bonds is 4. The van der Waals surface area contributed by atoms with Gasteiger partial charge in [-0.2, -0.15) is 0 Å². The van der Waals surface area contributed by atoms with E-state index in [9.17, 15) is 4.79 Å². The lowest BCUT2D eigenvalue weighted by atomic mass is 10.2. The van der Waals surface area contributed by atoms with Gasteiger partial charge >= 0.3 is 0 Å². The molecule has 0 aliphatic carbocycles. The summed E-state index contributed by atoms with van der Waals surface area (Å²) in [6.07, 6.45) is 4.36. The minimum atomic E-state index is -0.344. The monoisotopic (exact) mass is 259 g/mol. The predicted octanol–water partition coefficient (Wildman–Crippen LogP) is 1.75. The van der Waals surface area contributed by atoms with Gasteiger partial charge in [-0.15, -0.1) is 0 Å². The number of amides is 1. The molecule has 0 spiro atoms. The van der Waals surface area contributed by atoms with Gasteiger partial charge in [-0.05, 0) is 0 Å². The zero-order valence-electron chi connectivity index (χ0n) is 10.6. The lowest BCUT2D eigenvalue weighted by Crippen LogP contribution is -2.13. The Kier molecular flexibility index (Phi) is 3.92. The Hall–Kier alpha value is -2.63. The second-order valence-electron chi connectivity index (χ2n) is 3.65. The van der Waals surface area contributed by atoms with Gasteiger partial charge in [0.2, 0.25) is 0 Å². The summed E-state index contributed by atoms with van der Waals surface area (Å²) in [6, 6.07) is 5.10. The second kappa shape index (κ2) is 5.81. The molecule has 1 heterocycles. The van der Waals surface area contributed by atoms with Gasteiger partial charge in [0.25, 0.3) is 5.91 Å². The molecule has 6 heteroatoms. The molecular formula is C13H13N3O3. The smallest absolute Gasteiger partial charge is 0.275 e. The van der Waals surface area contributed by atoms with E-state index in [2.05, 4.69) is 15.3 Å². The van der Waals surface area contributed by atoms with Crippen molar-refractivity contribution < 1.29 is 14.3 Å². The molecule has 98 valence electrons. The standard InChI is InChI=1S/C13H13N3O3/c1-18-10-5-9(6-11(7-10)19-2)16-13(17)12-8-14-3-4-15-12/h3-8H,1-2H3,(H,16,17). The van der Waals surface area contributed by atoms with Crippen molar-refractivity contribution in [3.8, 4) is 11.5 Å². The summed E-state index contributed by atoms with van der Waals surface area (Å²) in [5.41, 5.74) is 0.802. The van der Waals surface area contributed by atoms with Crippen LogP contribution < -0.4 is 14.8 Å². The van der Waals surface area contributed by atoms with Crippen LogP contribution in [0.25, 0.3) is 0 Å². The first-order valence-corrected chi connectivity index (χ1v) is 5.53. The highest BCUT2D eigenvalue weighted by Crippen LogP contribution is 2.25. The first kappa shape index (κ1) is 12.8. The number of carbonyl (C=O) groups is 1. The van der Waals surface area contributed by atoms with Crippen molar-refractivity contribution in [3.05, 3.63) is 42.5 Å². The number of hydrogen-bond acceptors (Lipinski definition) is 5. The SMILES string of the molecule is COc1cc(NC(=O)c2cnccn2)cc(OC)c1. The molecule has 19 heavy (non-hydrogen) atoms. The summed E-state index contributed by atoms with van der Waals surface area (Å²) < 4.78 is 10.3. The van der Waals surface area contributed by atoms with Crippen molar-refractivity contribution >= 4 is 11.6 Å². The summed E-state index contributed by atoms with van der Waals surface area (Å²) in [4.78, 5) is 19.7. The first-order chi connectivity index (χ1) is 9.22. The van der Waals surface area contributed by atoms with Crippen molar-refractivity contribution in [2.75, 3.05) is 19.5 Å². The highest BCUT2D eigenvalue weighted by Gasteiger charge is 2.09. The molecule has 1 aromatic carbocycles. The van der Waals surface area contributed by atoms with Gasteiger partial charge in [0, 0.05) is 36.3 Å². The number of hydrogen-bond donors (Lipinski definition) is 1. The van der Waals surface area contributed by atoms with Gasteiger partial charge in [0.15, 0.2) is 0 Å². The Balaban J connectivity index is 2.21. The molecular weight excluding hydrogens is 246 g/mol. The molecule has 0 saturated carbocycles. The van der Waals surface area contributed by atoms with E-state index in [0.717, 1.165) is 0 Å². The lowest BCUT2D eigenvalue weighted by Gasteiger charge is -2.09. The highest BCUT2D eigenvalue weighted by atomic mass is 16.5. The number of benzene rings is 1. The van der Waals surface area contributed by atoms with Crippen molar-refractivity contribution in [1.82, 2.24) is 9.97 Å². The Morgan fingerprint density at radius 1 is 1.11 bits per heavy atom. The van der Waals surface area contributed by atoms with E-state index in [1.807, 2.05) is 0 Å². The number of carbonyl (C=O) groups excluding carboxylic acids is 1. The molecule has 0 radical (unpaired) electrons. The Morgan fingerprint density at radius 3 is 2.32 bits per heavy atom. The average Bonchev–Trinajstić information content (AvgIpc) is 2.47. The maximum Gasteiger partial charge on any atom is 0.275 e. The van der Waals surface area contributed by atoms with E-state index < -0.39 is 0 Å². The molecule has 0 aliphatic heterocycles. The number of nitrogens with one attached hydrogen (secondary N) is 1. The van der Waals surface area contributed by atoms with Gasteiger partial charge < -0.3 is 14.8 Å². The molecule has 2 aromatic rings. The van der Waals surface area contributed by atoms with Crippen molar-refractivity contribution in [2.24, 2.45) is 0 Å². The van der Waals surface area contributed by atoms with Crippen molar-refractivity contribution in [1.29, 1.82) is 0 Å². The van der Waals surface area contributed by atoms with Crippen molar-refractivity contribution in [2.45, 2.75) is 0 Å². The number of nitrogens with zero attached hydrogens (tertiary/aromatic N) is 2. The molecule has 0 bridgehead atoms. The van der Waals surface area contributed by atoms with Gasteiger partial charge in [0.05, 0.1) is 20.4 Å². The van der Waals surface area contributed by atoms with Crippen LogP contribution in [-0.4, -0.2) is 30.1 Å². The maximum atomic E-state index is 11.9. The maximum absolute atomic E-state index is 11.9. The minimum Gasteiger partial charge on any atom is -0.497 e. The number of aromatic nitrogens is 2. The summed E-state index contributed by atoms with van der Waals surface area (Å²) in [6.45, 7) is 0. The second-order valence-corrected chi connectivity index (χ2v) is 3.65. The number of anilines is 1. The molecule has 0 aliphatic rings. The third kappa shape index (κ3) is 3.19. The molecule has 2 rings (SSSR count). The lowest BCUT2D eigenvalue weighted by molar-refractivity contribution is 0.102. The molecule has 0 saturated heterocycles. The third-order valence-electron chi connectivity index (χ3n) is 2.41. The summed E-state index contributed by atoms with van der Waals surface area (Å²) in [7, 11) is 3.09. The molecule has 1 amide bonds. The molecule has 6 nitrogen and oxygen atoms in total. The Labute approximate surface area is 110 Å². The van der Waals surface area contributed by atoms with E-state index in [1.54, 1.807) is 32.4 Å². The minimum absolute atomic E-state index is 0.240. The van der Waals surface area contributed by atoms with Gasteiger partial charge in [0.1, 0.15) is 17.2 Å². The van der Waals surface area contributed by atoms with Crippen LogP contribution in [0.3, 0.4) is 0 Å². The zero-order chi connectivity index (χ0) is 13.7. The van der Waals surface area contributed by atoms with Crippen molar-refractivity contribution in [3.63, 3.8) is 0 Å². The Morgan fingerprint density at radius 2 is 1.79 bits per heavy atom. The molecule has 1 aromatic heterocycles. The summed E-state index contributed by atoms with van der Waals surface area (Å²) >= 11 is 0. The van der Waals surface area contributed by atoms with Gasteiger partial charge in [-0.1, -0.05) is 0 Å². The normalized spacial score (nSPS) is 9.79. The van der Waals surface area contributed by atoms with Gasteiger partial charge in [-0.25, -0.2) is 4.98 Å². The van der Waals surface area contributed by atoms with E-state index in [1.165, 1.54) is 18.6 Å². The van der Waals surface area contributed by atoms with Crippen LogP contribution in [0.15, 0.2) is 36.8 Å². The fraction of sp³-hybridized carbons (Fsp3) is 0.154. The largest absolute Gasteiger partial charge is 0.497 e. The third-order valence-corrected chi connectivity index (χ3v) is 2.41. The summed E-state index contributed by atoms with van der Waals surface area (Å²) in [5, 5.41) is 2.71. The van der Waals surface area contributed by atoms with E-state index >= 15 is 0 Å². The fourth-order valence-electron chi connectivity index (χ4n) is 1.49. The molecule has 0 atom stereocenters. The van der Waals surface area contributed by atoms with Crippen LogP contribution in [-0.2, 0) is 0 Å². The fourth-order valence-corrected chi connectivity index (χ4v) is 1.49. The van der Waals surface area contributed by atoms with Crippen LogP contribution in [0.1, 0.15) is 10.5 Å². The van der Waals surface area contributed by atoms with Crippen LogP contribution >= 0.6 is 0 Å². The quantitative estimate of drug-likeness (QED) is 0.905. The van der Waals surface area contributed by atoms with Crippen LogP contribution in [0.4, 0.5) is 5.69 Å². The van der Waals surface area contributed by atoms with Crippen LogP contribution in [0, 0.1) is 0 Å². The average molecular weight is 259 g/mol. The highest BCUT2D eigenvalue weighted by molar-refractivity contribution is 6.02. The van der Waals surface area contributed by atoms with E-state index in [0.29, 0.717) is 17.2 Å². The summed E-state index contributed by atoms with van der Waals surface area (Å²) in [5.74, 6) is 0.839. The van der Waals surface area contributed by atoms with E-state index in [4.69, 9.17) is 9.47 Å². The van der Waals surface area contributed by atoms with E-state index in [-0.39, 0.29) is 11.6 Å². The first-order valence-electron chi connectivity index (χ1n) is 5.53. The zero-order valence-corrected chi connectivity index (χ0v) is 10.6. The molecule has 0 fully saturated rings. The van der Waals surface area contributed by atoms with Gasteiger partial charge in [-0.3, -0.25) is 9.78 Å². The predicted molar refractivity (Wildman–Crippen MR) is 69.5 cm³/mol. The number of ether oxygens (including phenoxy) is 2. The number of methoxy groups -OCH3 is 2. The Bertz CT molecular complexity index is 550.